The van der Waals surface area contributed by atoms with E-state index in [1.165, 1.54) is 0 Å². The quantitative estimate of drug-likeness (QED) is 0.331. The smallest absolute Gasteiger partial charge is 0.0910 e. The first-order valence-corrected chi connectivity index (χ1v) is 2.75. The molecule has 0 radical (unpaired) electrons. The third-order valence-electron chi connectivity index (χ3n) is 0.706. The maximum atomic E-state index is 8.70. The van der Waals surface area contributed by atoms with E-state index in [2.05, 4.69) is 10.5 Å². The van der Waals surface area contributed by atoms with Gasteiger partial charge < -0.3 is 10.5 Å². The summed E-state index contributed by atoms with van der Waals surface area (Å²) in [5.41, 5.74) is 3.37. The molecular weight excluding hydrogens is 116 g/mol. The second kappa shape index (κ2) is 3.95. The van der Waals surface area contributed by atoms with Crippen LogP contribution < -0.4 is 5.43 Å². The monoisotopic (exact) mass is 128 g/mol. The minimum Gasteiger partial charge on any atom is -0.513 e. The molecule has 0 aromatic carbocycles. The van der Waals surface area contributed by atoms with E-state index in [1.807, 2.05) is 0 Å². The van der Waals surface area contributed by atoms with Crippen LogP contribution in [0.25, 0.3) is 0 Å². The molecule has 0 heterocycles. The summed E-state index contributed by atoms with van der Waals surface area (Å²) in [4.78, 5) is 0. The summed E-state index contributed by atoms with van der Waals surface area (Å²) in [6, 6.07) is 0. The summed E-state index contributed by atoms with van der Waals surface area (Å²) < 4.78 is 0. The first-order valence-electron chi connectivity index (χ1n) is 2.75. The van der Waals surface area contributed by atoms with Crippen LogP contribution in [0.3, 0.4) is 0 Å². The highest BCUT2D eigenvalue weighted by atomic mass is 16.3. The summed E-state index contributed by atoms with van der Waals surface area (Å²) >= 11 is 0. The molecule has 0 aliphatic heterocycles. The maximum absolute atomic E-state index is 8.70. The molecule has 0 bridgehead atoms. The molecule has 0 aliphatic rings. The molecule has 0 unspecified atom stereocenters. The van der Waals surface area contributed by atoms with Gasteiger partial charge in [-0.25, -0.2) is 0 Å². The van der Waals surface area contributed by atoms with Crippen molar-refractivity contribution < 1.29 is 5.11 Å². The number of hydrogen-bond donors (Lipinski definition) is 2. The van der Waals surface area contributed by atoms with Crippen molar-refractivity contribution in [2.24, 2.45) is 5.10 Å². The number of hydrazone groups is 1. The fourth-order valence-corrected chi connectivity index (χ4v) is 0.511. The van der Waals surface area contributed by atoms with Crippen molar-refractivity contribution in [1.29, 1.82) is 0 Å². The predicted octanol–water partition coefficient (Wildman–Crippen LogP) is 1.04. The van der Waals surface area contributed by atoms with Gasteiger partial charge in [-0.1, -0.05) is 0 Å². The van der Waals surface area contributed by atoms with E-state index in [0.717, 1.165) is 5.71 Å². The van der Waals surface area contributed by atoms with Crippen LogP contribution in [0.5, 0.6) is 0 Å². The Labute approximate surface area is 55.1 Å². The van der Waals surface area contributed by atoms with Crippen LogP contribution in [0.15, 0.2) is 16.9 Å². The summed E-state index contributed by atoms with van der Waals surface area (Å²) in [6.45, 7) is 3.41. The maximum Gasteiger partial charge on any atom is 0.0910 e. The third-order valence-corrected chi connectivity index (χ3v) is 0.706. The van der Waals surface area contributed by atoms with Gasteiger partial charge in [-0.2, -0.15) is 5.10 Å². The Bertz CT molecular complexity index is 134. The van der Waals surface area contributed by atoms with Crippen molar-refractivity contribution in [2.45, 2.75) is 13.8 Å². The van der Waals surface area contributed by atoms with Gasteiger partial charge in [0.05, 0.1) is 11.5 Å². The summed E-state index contributed by atoms with van der Waals surface area (Å²) in [5, 5.41) is 12.5. The highest BCUT2D eigenvalue weighted by Crippen LogP contribution is 1.85. The molecule has 3 nitrogen and oxygen atoms in total. The van der Waals surface area contributed by atoms with E-state index in [0.29, 0.717) is 0 Å². The Balaban J connectivity index is 3.90. The third kappa shape index (κ3) is 4.87. The van der Waals surface area contributed by atoms with E-state index in [-0.39, 0.29) is 5.76 Å². The zero-order chi connectivity index (χ0) is 7.28. The number of hydrogen-bond acceptors (Lipinski definition) is 3. The van der Waals surface area contributed by atoms with E-state index in [9.17, 15) is 0 Å². The molecule has 0 saturated carbocycles. The number of allylic oxidation sites excluding steroid dienone is 2. The van der Waals surface area contributed by atoms with Crippen LogP contribution in [-0.2, 0) is 0 Å². The molecule has 3 heteroatoms. The Kier molecular flexibility index (Phi) is 3.51. The van der Waals surface area contributed by atoms with Crippen LogP contribution >= 0.6 is 0 Å². The first-order chi connectivity index (χ1) is 4.16. The molecule has 0 aliphatic carbocycles. The van der Waals surface area contributed by atoms with Crippen LogP contribution in [0.4, 0.5) is 0 Å². The van der Waals surface area contributed by atoms with Crippen molar-refractivity contribution >= 4 is 5.71 Å². The van der Waals surface area contributed by atoms with Crippen molar-refractivity contribution in [3.63, 3.8) is 0 Å². The minimum absolute atomic E-state index is 0.270. The van der Waals surface area contributed by atoms with Gasteiger partial charge in [0.15, 0.2) is 0 Å². The van der Waals surface area contributed by atoms with Gasteiger partial charge in [-0.05, 0) is 19.9 Å². The Morgan fingerprint density at radius 1 is 1.56 bits per heavy atom. The fraction of sp³-hybridized carbons (Fsp3) is 0.500. The van der Waals surface area contributed by atoms with Gasteiger partial charge in [-0.3, -0.25) is 0 Å². The number of aliphatic hydroxyl groups excluding tert-OH is 1. The normalized spacial score (nSPS) is 13.7. The van der Waals surface area contributed by atoms with Crippen molar-refractivity contribution in [1.82, 2.24) is 5.43 Å². The SMILES string of the molecule is CN/N=C(C)/C=C(\C)O. The van der Waals surface area contributed by atoms with Gasteiger partial charge in [0.1, 0.15) is 0 Å². The zero-order valence-electron chi connectivity index (χ0n) is 5.97. The van der Waals surface area contributed by atoms with Gasteiger partial charge in [0.2, 0.25) is 0 Å². The molecule has 9 heavy (non-hydrogen) atoms. The molecule has 0 rings (SSSR count). The molecule has 0 saturated heterocycles. The summed E-state index contributed by atoms with van der Waals surface area (Å²) in [7, 11) is 1.71. The molecule has 0 fully saturated rings. The van der Waals surface area contributed by atoms with E-state index >= 15 is 0 Å². The van der Waals surface area contributed by atoms with Gasteiger partial charge in [0.25, 0.3) is 0 Å². The van der Waals surface area contributed by atoms with Crippen LogP contribution in [0, 0.1) is 0 Å². The molecule has 0 amide bonds. The highest BCUT2D eigenvalue weighted by molar-refractivity contribution is 5.92. The second-order valence-electron chi connectivity index (χ2n) is 1.76. The largest absolute Gasteiger partial charge is 0.513 e. The topological polar surface area (TPSA) is 44.6 Å². The van der Waals surface area contributed by atoms with Gasteiger partial charge in [-0.15, -0.1) is 0 Å². The first kappa shape index (κ1) is 8.01. The Morgan fingerprint density at radius 2 is 2.11 bits per heavy atom. The lowest BCUT2D eigenvalue weighted by molar-refractivity contribution is 0.415. The van der Waals surface area contributed by atoms with Crippen molar-refractivity contribution in [2.75, 3.05) is 7.05 Å². The fourth-order valence-electron chi connectivity index (χ4n) is 0.511. The van der Waals surface area contributed by atoms with Crippen LogP contribution in [0.1, 0.15) is 13.8 Å². The number of aliphatic hydroxyl groups is 1. The second-order valence-corrected chi connectivity index (χ2v) is 1.76. The number of nitrogens with zero attached hydrogens (tertiary/aromatic N) is 1. The molecule has 0 aromatic rings. The van der Waals surface area contributed by atoms with E-state index < -0.39 is 0 Å². The average molecular weight is 128 g/mol. The Morgan fingerprint density at radius 3 is 2.44 bits per heavy atom. The lowest BCUT2D eigenvalue weighted by Crippen LogP contribution is -1.99. The summed E-state index contributed by atoms with van der Waals surface area (Å²) in [6.07, 6.45) is 1.58. The number of rotatable bonds is 2. The molecule has 52 valence electrons. The van der Waals surface area contributed by atoms with Crippen molar-refractivity contribution in [3.8, 4) is 0 Å². The molecule has 0 atom stereocenters. The van der Waals surface area contributed by atoms with Crippen LogP contribution in [0.2, 0.25) is 0 Å². The van der Waals surface area contributed by atoms with E-state index in [1.54, 1.807) is 27.0 Å². The minimum atomic E-state index is 0.270. The number of nitrogens with one attached hydrogen (secondary N) is 1. The lowest BCUT2D eigenvalue weighted by Gasteiger charge is -1.91. The standard InChI is InChI=1S/C6H12N2O/c1-5(8-7-3)4-6(2)9/h4,7,9H,1-3H3/b6-4+,8-5+. The molecular formula is C6H12N2O. The molecule has 0 spiro atoms. The average Bonchev–Trinajstić information content (AvgIpc) is 1.63. The Hall–Kier alpha value is -0.990. The van der Waals surface area contributed by atoms with Gasteiger partial charge in [0, 0.05) is 7.05 Å². The lowest BCUT2D eigenvalue weighted by atomic mass is 10.3. The molecule has 0 aromatic heterocycles. The van der Waals surface area contributed by atoms with Crippen molar-refractivity contribution in [3.05, 3.63) is 11.8 Å². The highest BCUT2D eigenvalue weighted by Gasteiger charge is 1.83. The van der Waals surface area contributed by atoms with E-state index in [4.69, 9.17) is 5.11 Å². The summed E-state index contributed by atoms with van der Waals surface area (Å²) in [5.74, 6) is 0.270. The van der Waals surface area contributed by atoms with Gasteiger partial charge >= 0.3 is 0 Å². The predicted molar refractivity (Wildman–Crippen MR) is 38.6 cm³/mol. The zero-order valence-corrected chi connectivity index (χ0v) is 5.97. The van der Waals surface area contributed by atoms with Crippen LogP contribution in [-0.4, -0.2) is 17.9 Å². The molecule has 2 N–H and O–H groups in total.